The lowest BCUT2D eigenvalue weighted by molar-refractivity contribution is 0.0681. The Bertz CT molecular complexity index is 613. The van der Waals surface area contributed by atoms with E-state index in [-0.39, 0.29) is 17.9 Å². The summed E-state index contributed by atoms with van der Waals surface area (Å²) in [7, 11) is 0. The van der Waals surface area contributed by atoms with E-state index in [0.29, 0.717) is 23.5 Å². The van der Waals surface area contributed by atoms with E-state index < -0.39 is 0 Å². The second-order valence-electron chi connectivity index (χ2n) is 4.92. The van der Waals surface area contributed by atoms with E-state index in [0.717, 1.165) is 19.4 Å². The van der Waals surface area contributed by atoms with Gasteiger partial charge in [-0.2, -0.15) is 0 Å². The Morgan fingerprint density at radius 2 is 2.14 bits per heavy atom. The Labute approximate surface area is 121 Å². The molecule has 2 aromatic rings. The number of hydrogen-bond acceptors (Lipinski definition) is 5. The number of nitrogens with two attached hydrogens (primary N) is 1. The first-order chi connectivity index (χ1) is 10.2. The quantitative estimate of drug-likeness (QED) is 0.936. The Morgan fingerprint density at radius 3 is 2.86 bits per heavy atom. The van der Waals surface area contributed by atoms with Gasteiger partial charge in [0.1, 0.15) is 18.2 Å². The Hall–Kier alpha value is -2.21. The Balaban J connectivity index is 1.83. The first-order valence-corrected chi connectivity index (χ1v) is 6.84. The van der Waals surface area contributed by atoms with Crippen molar-refractivity contribution in [1.82, 2.24) is 9.97 Å². The van der Waals surface area contributed by atoms with Crippen LogP contribution in [0, 0.1) is 5.82 Å². The van der Waals surface area contributed by atoms with Gasteiger partial charge in [-0.15, -0.1) is 0 Å². The molecule has 2 N–H and O–H groups in total. The molecule has 0 spiro atoms. The van der Waals surface area contributed by atoms with Crippen LogP contribution in [0.3, 0.4) is 0 Å². The summed E-state index contributed by atoms with van der Waals surface area (Å²) < 4.78 is 24.8. The number of nitrogens with zero attached hydrogens (tertiary/aromatic N) is 2. The van der Waals surface area contributed by atoms with E-state index in [1.807, 2.05) is 0 Å². The smallest absolute Gasteiger partial charge is 0.219 e. The molecule has 1 aromatic carbocycles. The SMILES string of the molecule is Nc1ncc(-c2cc(F)ccc2OCC2CCCO2)cn1. The largest absolute Gasteiger partial charge is 0.490 e. The van der Waals surface area contributed by atoms with Gasteiger partial charge in [0, 0.05) is 30.1 Å². The molecule has 1 aliphatic heterocycles. The van der Waals surface area contributed by atoms with Crippen LogP contribution in [0.15, 0.2) is 30.6 Å². The number of nitrogen functional groups attached to an aromatic ring is 1. The maximum absolute atomic E-state index is 13.5. The van der Waals surface area contributed by atoms with Crippen molar-refractivity contribution in [2.75, 3.05) is 18.9 Å². The van der Waals surface area contributed by atoms with Crippen molar-refractivity contribution < 1.29 is 13.9 Å². The molecule has 1 unspecified atom stereocenters. The highest BCUT2D eigenvalue weighted by Crippen LogP contribution is 2.30. The van der Waals surface area contributed by atoms with E-state index in [9.17, 15) is 4.39 Å². The van der Waals surface area contributed by atoms with E-state index in [1.54, 1.807) is 18.5 Å². The number of benzene rings is 1. The molecule has 0 bridgehead atoms. The number of anilines is 1. The zero-order valence-electron chi connectivity index (χ0n) is 11.5. The number of hydrogen-bond donors (Lipinski definition) is 1. The molecule has 0 amide bonds. The summed E-state index contributed by atoms with van der Waals surface area (Å²) in [6.07, 6.45) is 5.24. The fourth-order valence-corrected chi connectivity index (χ4v) is 2.29. The lowest BCUT2D eigenvalue weighted by Gasteiger charge is -2.14. The highest BCUT2D eigenvalue weighted by Gasteiger charge is 2.17. The van der Waals surface area contributed by atoms with Crippen molar-refractivity contribution in [1.29, 1.82) is 0 Å². The summed E-state index contributed by atoms with van der Waals surface area (Å²) in [5, 5.41) is 0. The molecule has 3 rings (SSSR count). The lowest BCUT2D eigenvalue weighted by atomic mass is 10.1. The van der Waals surface area contributed by atoms with Crippen molar-refractivity contribution in [3.63, 3.8) is 0 Å². The van der Waals surface area contributed by atoms with Gasteiger partial charge in [-0.3, -0.25) is 0 Å². The number of rotatable bonds is 4. The zero-order valence-corrected chi connectivity index (χ0v) is 11.5. The number of halogens is 1. The molecular formula is C15H16FN3O2. The first kappa shape index (κ1) is 13.8. The van der Waals surface area contributed by atoms with Gasteiger partial charge in [-0.05, 0) is 31.0 Å². The molecule has 6 heteroatoms. The predicted molar refractivity (Wildman–Crippen MR) is 76.3 cm³/mol. The van der Waals surface area contributed by atoms with Gasteiger partial charge in [0.15, 0.2) is 0 Å². The van der Waals surface area contributed by atoms with Gasteiger partial charge < -0.3 is 15.2 Å². The van der Waals surface area contributed by atoms with Crippen molar-refractivity contribution in [3.8, 4) is 16.9 Å². The Morgan fingerprint density at radius 1 is 1.33 bits per heavy atom. The standard InChI is InChI=1S/C15H16FN3O2/c16-11-3-4-14(21-9-12-2-1-5-20-12)13(6-11)10-7-18-15(17)19-8-10/h3-4,6-8,12H,1-2,5,9H2,(H2,17,18,19). The van der Waals surface area contributed by atoms with Gasteiger partial charge in [0.2, 0.25) is 5.95 Å². The third kappa shape index (κ3) is 3.28. The molecule has 2 heterocycles. The van der Waals surface area contributed by atoms with Crippen molar-refractivity contribution in [2.24, 2.45) is 0 Å². The molecule has 1 aromatic heterocycles. The normalized spacial score (nSPS) is 17.9. The van der Waals surface area contributed by atoms with Crippen LogP contribution in [-0.2, 0) is 4.74 Å². The summed E-state index contributed by atoms with van der Waals surface area (Å²) in [6.45, 7) is 1.23. The van der Waals surface area contributed by atoms with Gasteiger partial charge in [-0.25, -0.2) is 14.4 Å². The van der Waals surface area contributed by atoms with E-state index >= 15 is 0 Å². The second-order valence-corrected chi connectivity index (χ2v) is 4.92. The summed E-state index contributed by atoms with van der Waals surface area (Å²) in [6, 6.07) is 4.38. The fourth-order valence-electron chi connectivity index (χ4n) is 2.29. The van der Waals surface area contributed by atoms with Crippen LogP contribution in [0.1, 0.15) is 12.8 Å². The van der Waals surface area contributed by atoms with E-state index in [2.05, 4.69) is 9.97 Å². The van der Waals surface area contributed by atoms with Crippen LogP contribution >= 0.6 is 0 Å². The maximum atomic E-state index is 13.5. The van der Waals surface area contributed by atoms with Crippen LogP contribution in [0.4, 0.5) is 10.3 Å². The third-order valence-corrected chi connectivity index (χ3v) is 3.37. The minimum atomic E-state index is -0.341. The van der Waals surface area contributed by atoms with Gasteiger partial charge in [0.25, 0.3) is 0 Å². The van der Waals surface area contributed by atoms with Crippen LogP contribution in [0.25, 0.3) is 11.1 Å². The predicted octanol–water partition coefficient (Wildman–Crippen LogP) is 2.42. The molecule has 0 saturated carbocycles. The highest BCUT2D eigenvalue weighted by molar-refractivity contribution is 5.69. The first-order valence-electron chi connectivity index (χ1n) is 6.84. The van der Waals surface area contributed by atoms with E-state index in [4.69, 9.17) is 15.2 Å². The monoisotopic (exact) mass is 289 g/mol. The van der Waals surface area contributed by atoms with Gasteiger partial charge in [0.05, 0.1) is 6.10 Å². The van der Waals surface area contributed by atoms with Crippen LogP contribution in [0.5, 0.6) is 5.75 Å². The average Bonchev–Trinajstić information content (AvgIpc) is 3.00. The lowest BCUT2D eigenvalue weighted by Crippen LogP contribution is -2.16. The molecule has 1 fully saturated rings. The molecule has 1 atom stereocenters. The molecule has 110 valence electrons. The van der Waals surface area contributed by atoms with Gasteiger partial charge >= 0.3 is 0 Å². The highest BCUT2D eigenvalue weighted by atomic mass is 19.1. The maximum Gasteiger partial charge on any atom is 0.219 e. The second kappa shape index (κ2) is 6.05. The van der Waals surface area contributed by atoms with Crippen molar-refractivity contribution in [3.05, 3.63) is 36.4 Å². The topological polar surface area (TPSA) is 70.3 Å². The van der Waals surface area contributed by atoms with Crippen LogP contribution in [-0.4, -0.2) is 29.3 Å². The molecule has 0 radical (unpaired) electrons. The molecule has 5 nitrogen and oxygen atoms in total. The van der Waals surface area contributed by atoms with Gasteiger partial charge in [-0.1, -0.05) is 0 Å². The van der Waals surface area contributed by atoms with Crippen molar-refractivity contribution in [2.45, 2.75) is 18.9 Å². The molecule has 0 aliphatic carbocycles. The summed E-state index contributed by atoms with van der Waals surface area (Å²) in [5.74, 6) is 0.420. The van der Waals surface area contributed by atoms with E-state index in [1.165, 1.54) is 12.1 Å². The fraction of sp³-hybridized carbons (Fsp3) is 0.333. The summed E-state index contributed by atoms with van der Waals surface area (Å²) in [5.41, 5.74) is 6.73. The number of ether oxygens (including phenoxy) is 2. The summed E-state index contributed by atoms with van der Waals surface area (Å²) >= 11 is 0. The minimum absolute atomic E-state index is 0.102. The van der Waals surface area contributed by atoms with Crippen LogP contribution in [0.2, 0.25) is 0 Å². The minimum Gasteiger partial charge on any atom is -0.490 e. The number of aromatic nitrogens is 2. The van der Waals surface area contributed by atoms with Crippen LogP contribution < -0.4 is 10.5 Å². The summed E-state index contributed by atoms with van der Waals surface area (Å²) in [4.78, 5) is 7.86. The molecular weight excluding hydrogens is 273 g/mol. The third-order valence-electron chi connectivity index (χ3n) is 3.37. The average molecular weight is 289 g/mol. The molecule has 21 heavy (non-hydrogen) atoms. The molecule has 1 aliphatic rings. The zero-order chi connectivity index (χ0) is 14.7. The van der Waals surface area contributed by atoms with Crippen molar-refractivity contribution >= 4 is 5.95 Å². The molecule has 1 saturated heterocycles. The Kier molecular flexibility index (Phi) is 3.96.